The van der Waals surface area contributed by atoms with Gasteiger partial charge >= 0.3 is 11.8 Å². The van der Waals surface area contributed by atoms with Crippen LogP contribution in [0.1, 0.15) is 26.7 Å². The summed E-state index contributed by atoms with van der Waals surface area (Å²) >= 11 is 0. The Morgan fingerprint density at radius 1 is 1.38 bits per heavy atom. The van der Waals surface area contributed by atoms with Crippen LogP contribution < -0.4 is 10.7 Å². The summed E-state index contributed by atoms with van der Waals surface area (Å²) < 4.78 is 5.31. The second-order valence-corrected chi connectivity index (χ2v) is 3.84. The normalized spacial score (nSPS) is 19.0. The van der Waals surface area contributed by atoms with Gasteiger partial charge in [0.15, 0.2) is 0 Å². The van der Waals surface area contributed by atoms with Crippen LogP contribution in [0.3, 0.4) is 0 Å². The van der Waals surface area contributed by atoms with Crippen LogP contribution in [0.25, 0.3) is 0 Å². The number of hydrogen-bond donors (Lipinski definition) is 2. The molecule has 16 heavy (non-hydrogen) atoms. The Hall–Kier alpha value is -1.43. The Balaban J connectivity index is 2.23. The summed E-state index contributed by atoms with van der Waals surface area (Å²) in [5.41, 5.74) is 2.83. The zero-order chi connectivity index (χ0) is 12.0. The molecule has 0 saturated carbocycles. The molecule has 0 aromatic rings. The monoisotopic (exact) mass is 227 g/mol. The number of carbonyl (C=O) groups excluding carboxylic acids is 2. The number of hydrogen-bond acceptors (Lipinski definition) is 4. The minimum atomic E-state index is -0.751. The van der Waals surface area contributed by atoms with Crippen molar-refractivity contribution in [2.24, 2.45) is 5.10 Å². The first-order valence-electron chi connectivity index (χ1n) is 5.30. The second kappa shape index (κ2) is 6.22. The van der Waals surface area contributed by atoms with Crippen molar-refractivity contribution in [3.63, 3.8) is 0 Å². The highest BCUT2D eigenvalue weighted by atomic mass is 16.5. The van der Waals surface area contributed by atoms with E-state index in [2.05, 4.69) is 15.8 Å². The van der Waals surface area contributed by atoms with Gasteiger partial charge in [-0.15, -0.1) is 0 Å². The highest BCUT2D eigenvalue weighted by Gasteiger charge is 2.18. The van der Waals surface area contributed by atoms with Crippen molar-refractivity contribution in [1.29, 1.82) is 0 Å². The van der Waals surface area contributed by atoms with Crippen LogP contribution in [0, 0.1) is 0 Å². The van der Waals surface area contributed by atoms with Crippen LogP contribution in [0.2, 0.25) is 0 Å². The van der Waals surface area contributed by atoms with Crippen molar-refractivity contribution in [2.45, 2.75) is 32.8 Å². The molecule has 1 aliphatic rings. The quantitative estimate of drug-likeness (QED) is 0.398. The van der Waals surface area contributed by atoms with Crippen LogP contribution in [-0.4, -0.2) is 36.8 Å². The van der Waals surface area contributed by atoms with Crippen LogP contribution in [-0.2, 0) is 14.3 Å². The Morgan fingerprint density at radius 2 is 2.12 bits per heavy atom. The third-order valence-electron chi connectivity index (χ3n) is 2.10. The molecule has 2 amide bonds. The van der Waals surface area contributed by atoms with E-state index in [1.807, 2.05) is 0 Å². The molecule has 6 heteroatoms. The predicted molar refractivity (Wildman–Crippen MR) is 58.9 cm³/mol. The minimum absolute atomic E-state index is 0.0353. The van der Waals surface area contributed by atoms with Gasteiger partial charge < -0.3 is 10.1 Å². The lowest BCUT2D eigenvalue weighted by atomic mass is 10.2. The molecule has 0 aromatic carbocycles. The molecule has 0 spiro atoms. The van der Waals surface area contributed by atoms with E-state index in [1.54, 1.807) is 13.8 Å². The van der Waals surface area contributed by atoms with Crippen molar-refractivity contribution in [2.75, 3.05) is 13.2 Å². The van der Waals surface area contributed by atoms with Gasteiger partial charge in [-0.25, -0.2) is 5.43 Å². The van der Waals surface area contributed by atoms with Gasteiger partial charge in [-0.2, -0.15) is 5.10 Å². The summed E-state index contributed by atoms with van der Waals surface area (Å²) in [7, 11) is 0. The fourth-order valence-corrected chi connectivity index (χ4v) is 1.31. The molecule has 1 fully saturated rings. The predicted octanol–water partition coefficient (Wildman–Crippen LogP) is -0.206. The molecule has 6 nitrogen and oxygen atoms in total. The Bertz CT molecular complexity index is 292. The molecule has 0 bridgehead atoms. The van der Waals surface area contributed by atoms with Crippen LogP contribution >= 0.6 is 0 Å². The van der Waals surface area contributed by atoms with E-state index in [1.165, 1.54) is 0 Å². The molecule has 1 saturated heterocycles. The average molecular weight is 227 g/mol. The lowest BCUT2D eigenvalue weighted by molar-refractivity contribution is -0.139. The van der Waals surface area contributed by atoms with Gasteiger partial charge in [-0.05, 0) is 26.7 Å². The summed E-state index contributed by atoms with van der Waals surface area (Å²) in [6.07, 6.45) is 1.97. The standard InChI is InChI=1S/C10H17N3O3/c1-7(2)12-13-10(15)9(14)11-6-8-4-3-5-16-8/h8H,3-6H2,1-2H3,(H,11,14)(H,13,15)/t8-/m0/s1. The van der Waals surface area contributed by atoms with E-state index in [0.717, 1.165) is 19.4 Å². The highest BCUT2D eigenvalue weighted by Crippen LogP contribution is 2.10. The van der Waals surface area contributed by atoms with Gasteiger partial charge in [0.2, 0.25) is 0 Å². The fraction of sp³-hybridized carbons (Fsp3) is 0.700. The first-order chi connectivity index (χ1) is 7.59. The average Bonchev–Trinajstić information content (AvgIpc) is 2.75. The number of amides is 2. The summed E-state index contributed by atoms with van der Waals surface area (Å²) in [5.74, 6) is -1.43. The van der Waals surface area contributed by atoms with E-state index in [9.17, 15) is 9.59 Å². The molecule has 1 aliphatic heterocycles. The fourth-order valence-electron chi connectivity index (χ4n) is 1.31. The van der Waals surface area contributed by atoms with E-state index in [-0.39, 0.29) is 6.10 Å². The Kier molecular flexibility index (Phi) is 4.91. The lowest BCUT2D eigenvalue weighted by Gasteiger charge is -2.09. The summed E-state index contributed by atoms with van der Waals surface area (Å²) in [6.45, 7) is 4.56. The number of carbonyl (C=O) groups is 2. The zero-order valence-electron chi connectivity index (χ0n) is 9.58. The topological polar surface area (TPSA) is 79.8 Å². The van der Waals surface area contributed by atoms with Crippen LogP contribution in [0.5, 0.6) is 0 Å². The smallest absolute Gasteiger partial charge is 0.329 e. The highest BCUT2D eigenvalue weighted by molar-refractivity contribution is 6.35. The summed E-state index contributed by atoms with van der Waals surface area (Å²) in [6, 6.07) is 0. The minimum Gasteiger partial charge on any atom is -0.376 e. The van der Waals surface area contributed by atoms with Crippen molar-refractivity contribution >= 4 is 17.5 Å². The number of rotatable bonds is 3. The molecule has 1 rings (SSSR count). The second-order valence-electron chi connectivity index (χ2n) is 3.84. The largest absolute Gasteiger partial charge is 0.376 e. The molecule has 0 unspecified atom stereocenters. The first-order valence-corrected chi connectivity index (χ1v) is 5.30. The van der Waals surface area contributed by atoms with Gasteiger partial charge in [0.25, 0.3) is 0 Å². The summed E-state index contributed by atoms with van der Waals surface area (Å²) in [4.78, 5) is 22.4. The van der Waals surface area contributed by atoms with E-state index in [4.69, 9.17) is 4.74 Å². The molecule has 0 aromatic heterocycles. The van der Waals surface area contributed by atoms with Gasteiger partial charge in [-0.1, -0.05) is 0 Å². The van der Waals surface area contributed by atoms with Crippen LogP contribution in [0.4, 0.5) is 0 Å². The van der Waals surface area contributed by atoms with Crippen LogP contribution in [0.15, 0.2) is 5.10 Å². The number of hydrazone groups is 1. The van der Waals surface area contributed by atoms with Crippen molar-refractivity contribution in [3.8, 4) is 0 Å². The lowest BCUT2D eigenvalue weighted by Crippen LogP contribution is -2.41. The third-order valence-corrected chi connectivity index (χ3v) is 2.10. The molecule has 1 atom stereocenters. The molecular weight excluding hydrogens is 210 g/mol. The van der Waals surface area contributed by atoms with Gasteiger partial charge in [0.05, 0.1) is 6.10 Å². The summed E-state index contributed by atoms with van der Waals surface area (Å²) in [5, 5.41) is 6.15. The maximum Gasteiger partial charge on any atom is 0.329 e. The Labute approximate surface area is 94.4 Å². The third kappa shape index (κ3) is 4.39. The maximum atomic E-state index is 11.3. The number of nitrogens with one attached hydrogen (secondary N) is 2. The molecular formula is C10H17N3O3. The Morgan fingerprint density at radius 3 is 2.69 bits per heavy atom. The van der Waals surface area contributed by atoms with Gasteiger partial charge in [0.1, 0.15) is 0 Å². The maximum absolute atomic E-state index is 11.3. The zero-order valence-corrected chi connectivity index (χ0v) is 9.58. The number of nitrogens with zero attached hydrogens (tertiary/aromatic N) is 1. The molecule has 0 aliphatic carbocycles. The van der Waals surface area contributed by atoms with Gasteiger partial charge in [-0.3, -0.25) is 9.59 Å². The van der Waals surface area contributed by atoms with Crippen molar-refractivity contribution < 1.29 is 14.3 Å². The number of ether oxygens (including phenoxy) is 1. The molecule has 1 heterocycles. The molecule has 2 N–H and O–H groups in total. The van der Waals surface area contributed by atoms with E-state index >= 15 is 0 Å². The van der Waals surface area contributed by atoms with Crippen molar-refractivity contribution in [3.05, 3.63) is 0 Å². The van der Waals surface area contributed by atoms with Crippen molar-refractivity contribution in [1.82, 2.24) is 10.7 Å². The molecule has 90 valence electrons. The SMILES string of the molecule is CC(C)=NNC(=O)C(=O)NC[C@@H]1CCCO1. The van der Waals surface area contributed by atoms with E-state index < -0.39 is 11.8 Å². The van der Waals surface area contributed by atoms with Gasteiger partial charge in [0, 0.05) is 18.9 Å². The van der Waals surface area contributed by atoms with E-state index in [0.29, 0.717) is 12.3 Å². The molecule has 0 radical (unpaired) electrons. The first kappa shape index (κ1) is 12.6.